The highest BCUT2D eigenvalue weighted by atomic mass is 14.5. The van der Waals surface area contributed by atoms with Crippen LogP contribution in [0.25, 0.3) is 22.3 Å². The van der Waals surface area contributed by atoms with Crippen molar-refractivity contribution >= 4 is 0 Å². The van der Waals surface area contributed by atoms with Crippen LogP contribution in [0.2, 0.25) is 0 Å². The average molecular weight is 499 g/mol. The Morgan fingerprint density at radius 2 is 1.42 bits per heavy atom. The third kappa shape index (κ3) is 4.90. The van der Waals surface area contributed by atoms with Gasteiger partial charge in [0, 0.05) is 5.41 Å². The van der Waals surface area contributed by atoms with Crippen LogP contribution in [0, 0.1) is 6.92 Å². The first-order valence-electron chi connectivity index (χ1n) is 14.6. The molecule has 0 spiro atoms. The Morgan fingerprint density at radius 3 is 2.16 bits per heavy atom. The fraction of sp³-hybridized carbons (Fsp3) is 0.316. The zero-order valence-corrected chi connectivity index (χ0v) is 23.5. The maximum absolute atomic E-state index is 3.90. The van der Waals surface area contributed by atoms with Gasteiger partial charge >= 0.3 is 0 Å². The van der Waals surface area contributed by atoms with Crippen molar-refractivity contribution in [1.82, 2.24) is 0 Å². The molecule has 0 saturated heterocycles. The second-order valence-electron chi connectivity index (χ2n) is 11.3. The number of fused-ring (bicyclic) bond motifs is 3. The van der Waals surface area contributed by atoms with Gasteiger partial charge in [-0.05, 0) is 89.1 Å². The van der Waals surface area contributed by atoms with E-state index in [1.807, 2.05) is 6.08 Å². The number of hydrogen-bond acceptors (Lipinski definition) is 0. The molecule has 0 aliphatic heterocycles. The van der Waals surface area contributed by atoms with E-state index in [1.165, 1.54) is 82.2 Å². The fourth-order valence-electron chi connectivity index (χ4n) is 6.38. The molecule has 0 heteroatoms. The molecule has 1 aliphatic rings. The largest absolute Gasteiger partial charge is 0.103 e. The lowest BCUT2D eigenvalue weighted by Crippen LogP contribution is -2.27. The van der Waals surface area contributed by atoms with E-state index < -0.39 is 0 Å². The molecule has 0 radical (unpaired) electrons. The molecule has 0 N–H and O–H groups in total. The summed E-state index contributed by atoms with van der Waals surface area (Å²) in [6.45, 7) is 10.7. The number of hydrogen-bond donors (Lipinski definition) is 0. The Kier molecular flexibility index (Phi) is 7.98. The van der Waals surface area contributed by atoms with Gasteiger partial charge in [0.15, 0.2) is 0 Å². The monoisotopic (exact) mass is 498 g/mol. The Labute approximate surface area is 230 Å². The minimum atomic E-state index is -0.120. The highest BCUT2D eigenvalue weighted by Crippen LogP contribution is 2.55. The summed E-state index contributed by atoms with van der Waals surface area (Å²) in [6.07, 6.45) is 10.5. The minimum absolute atomic E-state index is 0.120. The maximum Gasteiger partial charge on any atom is 0.0463 e. The van der Waals surface area contributed by atoms with Gasteiger partial charge in [-0.2, -0.15) is 0 Å². The molecular formula is C38H42. The first kappa shape index (κ1) is 26.2. The van der Waals surface area contributed by atoms with Crippen LogP contribution in [0.15, 0.2) is 104 Å². The molecule has 194 valence electrons. The molecule has 0 nitrogen and oxygen atoms in total. The van der Waals surface area contributed by atoms with Crippen LogP contribution in [-0.4, -0.2) is 0 Å². The third-order valence-corrected chi connectivity index (χ3v) is 8.84. The smallest absolute Gasteiger partial charge is 0.0463 e. The molecule has 38 heavy (non-hydrogen) atoms. The molecule has 0 amide bonds. The van der Waals surface area contributed by atoms with Gasteiger partial charge in [-0.1, -0.05) is 130 Å². The number of unbranched alkanes of at least 4 members (excludes halogenated alkanes) is 4. The van der Waals surface area contributed by atoms with Crippen molar-refractivity contribution in [2.75, 3.05) is 0 Å². The zero-order valence-electron chi connectivity index (χ0n) is 23.5. The molecule has 5 rings (SSSR count). The summed E-state index contributed by atoms with van der Waals surface area (Å²) in [6, 6.07) is 35.0. The fourth-order valence-corrected chi connectivity index (χ4v) is 6.38. The Morgan fingerprint density at radius 1 is 0.737 bits per heavy atom. The second kappa shape index (κ2) is 11.6. The number of benzene rings is 4. The molecule has 4 aromatic carbocycles. The molecule has 0 saturated carbocycles. The van der Waals surface area contributed by atoms with Gasteiger partial charge in [0.1, 0.15) is 0 Å². The summed E-state index contributed by atoms with van der Waals surface area (Å²) in [5.74, 6) is 0.597. The molecule has 1 aliphatic carbocycles. The van der Waals surface area contributed by atoms with E-state index in [0.717, 1.165) is 12.8 Å². The molecule has 4 aromatic rings. The summed E-state index contributed by atoms with van der Waals surface area (Å²) in [5, 5.41) is 0. The first-order valence-corrected chi connectivity index (χ1v) is 14.6. The molecule has 0 bridgehead atoms. The predicted molar refractivity (Wildman–Crippen MR) is 165 cm³/mol. The summed E-state index contributed by atoms with van der Waals surface area (Å²) < 4.78 is 0. The quantitative estimate of drug-likeness (QED) is 0.142. The highest BCUT2D eigenvalue weighted by molar-refractivity contribution is 5.86. The standard InChI is InChI=1S/C38H42/c1-5-7-8-9-10-13-26-38(33-23-16-28(3)17-24-33)36-15-12-11-14-34(36)35-25-22-32(27-37(35)38)31-20-18-30(19-21-31)29(4)6-2/h5,11-12,14-25,27,29H,1,6-10,13,26H2,2-4H3. The van der Waals surface area contributed by atoms with E-state index in [2.05, 4.69) is 118 Å². The maximum atomic E-state index is 3.90. The predicted octanol–water partition coefficient (Wildman–Crippen LogP) is 11.0. The van der Waals surface area contributed by atoms with Crippen molar-refractivity contribution < 1.29 is 0 Å². The summed E-state index contributed by atoms with van der Waals surface area (Å²) in [4.78, 5) is 0. The third-order valence-electron chi connectivity index (χ3n) is 8.84. The van der Waals surface area contributed by atoms with E-state index in [9.17, 15) is 0 Å². The Bertz CT molecular complexity index is 1370. The molecule has 0 heterocycles. The van der Waals surface area contributed by atoms with Gasteiger partial charge in [0.05, 0.1) is 0 Å². The van der Waals surface area contributed by atoms with Crippen LogP contribution in [0.5, 0.6) is 0 Å². The average Bonchev–Trinajstić information content (AvgIpc) is 3.25. The van der Waals surface area contributed by atoms with E-state index in [0.29, 0.717) is 5.92 Å². The van der Waals surface area contributed by atoms with Crippen molar-refractivity contribution in [3.63, 3.8) is 0 Å². The lowest BCUT2D eigenvalue weighted by molar-refractivity contribution is 0.512. The SMILES string of the molecule is C=CCCCCCCC1(c2ccc(C)cc2)c2ccccc2-c2ccc(-c3ccc(C(C)CC)cc3)cc21. The summed E-state index contributed by atoms with van der Waals surface area (Å²) >= 11 is 0. The molecule has 2 atom stereocenters. The lowest BCUT2D eigenvalue weighted by Gasteiger charge is -2.33. The van der Waals surface area contributed by atoms with Gasteiger partial charge in [-0.25, -0.2) is 0 Å². The van der Waals surface area contributed by atoms with Crippen molar-refractivity contribution in [3.05, 3.63) is 131 Å². The number of allylic oxidation sites excluding steroid dienone is 1. The van der Waals surface area contributed by atoms with E-state index in [-0.39, 0.29) is 5.41 Å². The van der Waals surface area contributed by atoms with Crippen molar-refractivity contribution in [3.8, 4) is 22.3 Å². The number of aryl methyl sites for hydroxylation is 1. The lowest BCUT2D eigenvalue weighted by atomic mass is 9.68. The molecule has 2 unspecified atom stereocenters. The van der Waals surface area contributed by atoms with Crippen LogP contribution in [-0.2, 0) is 5.41 Å². The highest BCUT2D eigenvalue weighted by Gasteiger charge is 2.44. The van der Waals surface area contributed by atoms with E-state index in [1.54, 1.807) is 0 Å². The Balaban J connectivity index is 1.61. The van der Waals surface area contributed by atoms with Crippen molar-refractivity contribution in [1.29, 1.82) is 0 Å². The van der Waals surface area contributed by atoms with Gasteiger partial charge in [0.2, 0.25) is 0 Å². The summed E-state index contributed by atoms with van der Waals surface area (Å²) in [7, 11) is 0. The topological polar surface area (TPSA) is 0 Å². The van der Waals surface area contributed by atoms with Crippen LogP contribution < -0.4 is 0 Å². The summed E-state index contributed by atoms with van der Waals surface area (Å²) in [5.41, 5.74) is 12.4. The van der Waals surface area contributed by atoms with E-state index >= 15 is 0 Å². The van der Waals surface area contributed by atoms with Crippen molar-refractivity contribution in [2.45, 2.75) is 77.0 Å². The molecular weight excluding hydrogens is 456 g/mol. The zero-order chi connectivity index (χ0) is 26.5. The minimum Gasteiger partial charge on any atom is -0.103 e. The van der Waals surface area contributed by atoms with Gasteiger partial charge in [-0.15, -0.1) is 6.58 Å². The molecule has 0 fully saturated rings. The van der Waals surface area contributed by atoms with E-state index in [4.69, 9.17) is 0 Å². The van der Waals surface area contributed by atoms with Crippen LogP contribution in [0.4, 0.5) is 0 Å². The normalized spacial score (nSPS) is 16.6. The van der Waals surface area contributed by atoms with Crippen molar-refractivity contribution in [2.24, 2.45) is 0 Å². The van der Waals surface area contributed by atoms with Crippen LogP contribution in [0.3, 0.4) is 0 Å². The van der Waals surface area contributed by atoms with Gasteiger partial charge in [-0.3, -0.25) is 0 Å². The Hall–Kier alpha value is -3.38. The molecule has 0 aromatic heterocycles. The number of rotatable bonds is 11. The van der Waals surface area contributed by atoms with Gasteiger partial charge in [0.25, 0.3) is 0 Å². The first-order chi connectivity index (χ1) is 18.6. The van der Waals surface area contributed by atoms with Crippen LogP contribution in [0.1, 0.15) is 92.5 Å². The second-order valence-corrected chi connectivity index (χ2v) is 11.3. The van der Waals surface area contributed by atoms with Crippen LogP contribution >= 0.6 is 0 Å². The van der Waals surface area contributed by atoms with Gasteiger partial charge < -0.3 is 0 Å².